The lowest BCUT2D eigenvalue weighted by molar-refractivity contribution is 0.414. The van der Waals surface area contributed by atoms with Gasteiger partial charge >= 0.3 is 0 Å². The number of hydrogen-bond donors (Lipinski definition) is 2. The predicted octanol–water partition coefficient (Wildman–Crippen LogP) is 2.60. The molecule has 0 bridgehead atoms. The predicted molar refractivity (Wildman–Crippen MR) is 118 cm³/mol. The average molecular weight is 439 g/mol. The molecule has 0 aliphatic heterocycles. The molecule has 0 atom stereocenters. The van der Waals surface area contributed by atoms with Gasteiger partial charge in [0.25, 0.3) is 0 Å². The minimum atomic E-state index is -3.56. The number of benzene rings is 1. The number of pyridine rings is 1. The summed E-state index contributed by atoms with van der Waals surface area (Å²) in [6, 6.07) is 13.9. The zero-order valence-electron chi connectivity index (χ0n) is 16.9. The number of fused-ring (bicyclic) bond motifs is 1. The molecule has 0 fully saturated rings. The Morgan fingerprint density at radius 2 is 1.84 bits per heavy atom. The number of rotatable bonds is 9. The van der Waals surface area contributed by atoms with E-state index in [9.17, 15) is 8.42 Å². The monoisotopic (exact) mass is 438 g/mol. The maximum absolute atomic E-state index is 12.3. The Morgan fingerprint density at radius 3 is 2.65 bits per heavy atom. The minimum Gasteiger partial charge on any atom is -0.497 e. The van der Waals surface area contributed by atoms with E-state index in [1.165, 1.54) is 19.2 Å². The Balaban J connectivity index is 1.31. The Labute approximate surface area is 180 Å². The fourth-order valence-electron chi connectivity index (χ4n) is 3.05. The first-order valence-corrected chi connectivity index (χ1v) is 11.2. The van der Waals surface area contributed by atoms with Crippen molar-refractivity contribution in [2.45, 2.75) is 11.3 Å². The van der Waals surface area contributed by atoms with E-state index in [4.69, 9.17) is 4.74 Å². The molecule has 31 heavy (non-hydrogen) atoms. The van der Waals surface area contributed by atoms with Gasteiger partial charge in [-0.25, -0.2) is 23.1 Å². The van der Waals surface area contributed by atoms with Crippen molar-refractivity contribution >= 4 is 27.0 Å². The van der Waals surface area contributed by atoms with Crippen molar-refractivity contribution in [3.05, 3.63) is 67.1 Å². The van der Waals surface area contributed by atoms with Gasteiger partial charge in [0.15, 0.2) is 0 Å². The Bertz CT molecular complexity index is 1270. The first-order valence-electron chi connectivity index (χ1n) is 9.70. The van der Waals surface area contributed by atoms with E-state index in [2.05, 4.69) is 25.0 Å². The number of aromatic nitrogens is 4. The topological polar surface area (TPSA) is 111 Å². The van der Waals surface area contributed by atoms with Gasteiger partial charge in [0.1, 0.15) is 17.2 Å². The van der Waals surface area contributed by atoms with Crippen LogP contribution < -0.4 is 14.8 Å². The lowest BCUT2D eigenvalue weighted by atomic mass is 10.3. The van der Waals surface area contributed by atoms with Crippen molar-refractivity contribution < 1.29 is 13.2 Å². The smallest absolute Gasteiger partial charge is 0.240 e. The molecule has 0 saturated heterocycles. The minimum absolute atomic E-state index is 0.199. The zero-order valence-corrected chi connectivity index (χ0v) is 17.7. The van der Waals surface area contributed by atoms with Crippen LogP contribution >= 0.6 is 0 Å². The fourth-order valence-corrected chi connectivity index (χ4v) is 4.13. The molecule has 0 spiro atoms. The van der Waals surface area contributed by atoms with Crippen LogP contribution in [0.15, 0.2) is 72.0 Å². The third-order valence-corrected chi connectivity index (χ3v) is 6.11. The number of sulfonamides is 1. The molecule has 160 valence electrons. The molecule has 10 heteroatoms. The quantitative estimate of drug-likeness (QED) is 0.386. The van der Waals surface area contributed by atoms with Crippen LogP contribution in [-0.4, -0.2) is 48.1 Å². The summed E-state index contributed by atoms with van der Waals surface area (Å²) in [5.41, 5.74) is 0.820. The SMILES string of the molecule is COc1ccc(S(=O)(=O)NCCCNc2nccc(-n3ccc4cccnc43)n2)cc1. The van der Waals surface area contributed by atoms with Crippen molar-refractivity contribution in [1.82, 2.24) is 24.2 Å². The maximum Gasteiger partial charge on any atom is 0.240 e. The summed E-state index contributed by atoms with van der Waals surface area (Å²) in [4.78, 5) is 13.4. The Morgan fingerprint density at radius 1 is 1.00 bits per heavy atom. The van der Waals surface area contributed by atoms with Crippen LogP contribution in [0.4, 0.5) is 5.95 Å². The molecule has 4 aromatic rings. The number of nitrogens with one attached hydrogen (secondary N) is 2. The molecule has 3 heterocycles. The van der Waals surface area contributed by atoms with Gasteiger partial charge in [0, 0.05) is 37.1 Å². The number of methoxy groups -OCH3 is 1. The first-order chi connectivity index (χ1) is 15.1. The molecule has 0 unspecified atom stereocenters. The van der Waals surface area contributed by atoms with E-state index in [-0.39, 0.29) is 11.4 Å². The number of anilines is 1. The molecule has 0 amide bonds. The number of hydrogen-bond acceptors (Lipinski definition) is 7. The summed E-state index contributed by atoms with van der Waals surface area (Å²) in [6.45, 7) is 0.798. The van der Waals surface area contributed by atoms with Crippen LogP contribution in [0.5, 0.6) is 5.75 Å². The van der Waals surface area contributed by atoms with Crippen LogP contribution in [0, 0.1) is 0 Å². The second-order valence-corrected chi connectivity index (χ2v) is 8.46. The normalized spacial score (nSPS) is 11.5. The van der Waals surface area contributed by atoms with Gasteiger partial charge in [-0.05, 0) is 55.0 Å². The molecule has 9 nitrogen and oxygen atoms in total. The second kappa shape index (κ2) is 9.11. The Hall–Kier alpha value is -3.50. The molecule has 3 aromatic heterocycles. The van der Waals surface area contributed by atoms with Gasteiger partial charge in [0.2, 0.25) is 16.0 Å². The highest BCUT2D eigenvalue weighted by atomic mass is 32.2. The van der Waals surface area contributed by atoms with Gasteiger partial charge < -0.3 is 10.1 Å². The molecular weight excluding hydrogens is 416 g/mol. The van der Waals surface area contributed by atoms with Crippen molar-refractivity contribution in [1.29, 1.82) is 0 Å². The summed E-state index contributed by atoms with van der Waals surface area (Å²) in [6.07, 6.45) is 5.90. The highest BCUT2D eigenvalue weighted by Gasteiger charge is 2.13. The fraction of sp³-hybridized carbons (Fsp3) is 0.190. The molecule has 2 N–H and O–H groups in total. The standard InChI is InChI=1S/C21H22N6O3S/c1-30-17-5-7-18(8-6-17)31(28,29)25-13-3-12-23-21-24-14-9-19(26-21)27-15-10-16-4-2-11-22-20(16)27/h2,4-11,14-15,25H,3,12-13H2,1H3,(H,23,24,26). The highest BCUT2D eigenvalue weighted by Crippen LogP contribution is 2.17. The first kappa shape index (κ1) is 20.8. The van der Waals surface area contributed by atoms with Crippen LogP contribution in [0.2, 0.25) is 0 Å². The van der Waals surface area contributed by atoms with E-state index in [1.807, 2.05) is 35.0 Å². The zero-order chi connectivity index (χ0) is 21.7. The third-order valence-electron chi connectivity index (χ3n) is 4.63. The summed E-state index contributed by atoms with van der Waals surface area (Å²) < 4.78 is 34.2. The van der Waals surface area contributed by atoms with Crippen LogP contribution in [0.3, 0.4) is 0 Å². The van der Waals surface area contributed by atoms with E-state index in [1.54, 1.807) is 24.5 Å². The molecule has 0 aliphatic rings. The van der Waals surface area contributed by atoms with Gasteiger partial charge in [-0.2, -0.15) is 4.98 Å². The van der Waals surface area contributed by atoms with E-state index in [0.717, 1.165) is 11.0 Å². The Kier molecular flexibility index (Phi) is 6.10. The van der Waals surface area contributed by atoms with Crippen molar-refractivity contribution in [2.75, 3.05) is 25.5 Å². The summed E-state index contributed by atoms with van der Waals surface area (Å²) in [7, 11) is -2.03. The number of nitrogens with zero attached hydrogens (tertiary/aromatic N) is 4. The molecule has 1 aromatic carbocycles. The van der Waals surface area contributed by atoms with Crippen molar-refractivity contribution in [2.24, 2.45) is 0 Å². The van der Waals surface area contributed by atoms with Gasteiger partial charge in [-0.3, -0.25) is 4.57 Å². The van der Waals surface area contributed by atoms with Crippen molar-refractivity contribution in [3.8, 4) is 11.6 Å². The average Bonchev–Trinajstić information content (AvgIpc) is 3.23. The van der Waals surface area contributed by atoms with Gasteiger partial charge in [-0.15, -0.1) is 0 Å². The van der Waals surface area contributed by atoms with Crippen LogP contribution in [-0.2, 0) is 10.0 Å². The van der Waals surface area contributed by atoms with E-state index < -0.39 is 10.0 Å². The van der Waals surface area contributed by atoms with E-state index in [0.29, 0.717) is 30.5 Å². The highest BCUT2D eigenvalue weighted by molar-refractivity contribution is 7.89. The second-order valence-electron chi connectivity index (χ2n) is 6.69. The van der Waals surface area contributed by atoms with Crippen LogP contribution in [0.25, 0.3) is 16.9 Å². The largest absolute Gasteiger partial charge is 0.497 e. The molecule has 0 radical (unpaired) electrons. The van der Waals surface area contributed by atoms with Gasteiger partial charge in [0.05, 0.1) is 12.0 Å². The summed E-state index contributed by atoms with van der Waals surface area (Å²) in [5, 5.41) is 4.16. The third kappa shape index (κ3) is 4.81. The number of ether oxygens (including phenoxy) is 1. The van der Waals surface area contributed by atoms with E-state index >= 15 is 0 Å². The molecule has 4 rings (SSSR count). The molecular formula is C21H22N6O3S. The van der Waals surface area contributed by atoms with Gasteiger partial charge in [-0.1, -0.05) is 0 Å². The molecule has 0 aliphatic carbocycles. The lowest BCUT2D eigenvalue weighted by Gasteiger charge is -2.09. The van der Waals surface area contributed by atoms with Crippen LogP contribution in [0.1, 0.15) is 6.42 Å². The van der Waals surface area contributed by atoms with Crippen molar-refractivity contribution in [3.63, 3.8) is 0 Å². The summed E-state index contributed by atoms with van der Waals surface area (Å²) >= 11 is 0. The lowest BCUT2D eigenvalue weighted by Crippen LogP contribution is -2.26. The summed E-state index contributed by atoms with van der Waals surface area (Å²) in [5.74, 6) is 1.77. The maximum atomic E-state index is 12.3. The molecule has 0 saturated carbocycles.